The van der Waals surface area contributed by atoms with E-state index in [0.29, 0.717) is 6.04 Å². The topological polar surface area (TPSA) is 42.3 Å². The normalized spacial score (nSPS) is 23.5. The third-order valence-corrected chi connectivity index (χ3v) is 4.23. The monoisotopic (exact) mass is 266 g/mol. The molecule has 0 aromatic heterocycles. The van der Waals surface area contributed by atoms with E-state index in [0.717, 1.165) is 32.6 Å². The van der Waals surface area contributed by atoms with Crippen LogP contribution in [0.25, 0.3) is 0 Å². The Hall–Kier alpha value is -0.630. The average Bonchev–Trinajstić information content (AvgIpc) is 2.84. The van der Waals surface area contributed by atoms with E-state index in [4.69, 9.17) is 0 Å². The van der Waals surface area contributed by atoms with Gasteiger partial charge < -0.3 is 4.90 Å². The molecule has 1 rings (SSSR count). The molecule has 0 amide bonds. The van der Waals surface area contributed by atoms with E-state index in [9.17, 15) is 5.26 Å². The Morgan fingerprint density at radius 1 is 1.47 bits per heavy atom. The zero-order chi connectivity index (χ0) is 14.3. The maximum atomic E-state index is 9.25. The lowest BCUT2D eigenvalue weighted by Gasteiger charge is -2.30. The van der Waals surface area contributed by atoms with E-state index in [-0.39, 0.29) is 5.54 Å². The van der Waals surface area contributed by atoms with Crippen molar-refractivity contribution in [3.63, 3.8) is 0 Å². The predicted molar refractivity (Wildman–Crippen MR) is 80.1 cm³/mol. The second-order valence-corrected chi connectivity index (χ2v) is 5.91. The molecule has 0 saturated carbocycles. The lowest BCUT2D eigenvalue weighted by atomic mass is 9.99. The number of likely N-dealkylation sites (tertiary alicyclic amines) is 1. The highest BCUT2D eigenvalue weighted by atomic mass is 15.2. The number of likely N-dealkylation sites (N-methyl/N-ethyl adjacent to an activating group) is 2. The van der Waals surface area contributed by atoms with E-state index in [1.165, 1.54) is 19.4 Å². The van der Waals surface area contributed by atoms with E-state index >= 15 is 0 Å². The third-order valence-electron chi connectivity index (χ3n) is 4.23. The van der Waals surface area contributed by atoms with Crippen molar-refractivity contribution in [2.24, 2.45) is 0 Å². The largest absolute Gasteiger partial charge is 0.305 e. The van der Waals surface area contributed by atoms with Crippen molar-refractivity contribution < 1.29 is 0 Å². The van der Waals surface area contributed by atoms with Crippen molar-refractivity contribution in [2.45, 2.75) is 51.6 Å². The first-order valence-electron chi connectivity index (χ1n) is 7.63. The highest BCUT2D eigenvalue weighted by molar-refractivity contribution is 5.03. The molecule has 4 heteroatoms. The van der Waals surface area contributed by atoms with Crippen LogP contribution in [0.2, 0.25) is 0 Å². The second kappa shape index (κ2) is 7.84. The number of hydrogen-bond acceptors (Lipinski definition) is 4. The molecule has 0 spiro atoms. The van der Waals surface area contributed by atoms with Gasteiger partial charge in [-0.3, -0.25) is 10.2 Å². The first-order valence-corrected chi connectivity index (χ1v) is 7.63. The molecule has 1 saturated heterocycles. The minimum atomic E-state index is -0.386. The number of nitrogens with one attached hydrogen (secondary N) is 1. The molecule has 1 heterocycles. The van der Waals surface area contributed by atoms with Gasteiger partial charge in [0.1, 0.15) is 5.54 Å². The molecule has 19 heavy (non-hydrogen) atoms. The molecule has 1 fully saturated rings. The van der Waals surface area contributed by atoms with Crippen molar-refractivity contribution in [3.05, 3.63) is 0 Å². The summed E-state index contributed by atoms with van der Waals surface area (Å²) in [6, 6.07) is 3.11. The number of rotatable bonds is 8. The third kappa shape index (κ3) is 5.10. The summed E-state index contributed by atoms with van der Waals surface area (Å²) in [7, 11) is 2.18. The molecular formula is C15H30N4. The van der Waals surface area contributed by atoms with Gasteiger partial charge in [-0.05, 0) is 52.9 Å². The van der Waals surface area contributed by atoms with Crippen molar-refractivity contribution >= 4 is 0 Å². The van der Waals surface area contributed by atoms with Crippen LogP contribution in [0.5, 0.6) is 0 Å². The van der Waals surface area contributed by atoms with Crippen molar-refractivity contribution in [3.8, 4) is 6.07 Å². The number of nitrogens with zero attached hydrogens (tertiary/aromatic N) is 3. The zero-order valence-electron chi connectivity index (χ0n) is 13.1. The van der Waals surface area contributed by atoms with Crippen LogP contribution in [-0.2, 0) is 0 Å². The molecule has 0 aromatic carbocycles. The van der Waals surface area contributed by atoms with Gasteiger partial charge in [-0.2, -0.15) is 5.26 Å². The second-order valence-electron chi connectivity index (χ2n) is 5.91. The first-order chi connectivity index (χ1) is 9.04. The van der Waals surface area contributed by atoms with Crippen LogP contribution < -0.4 is 5.32 Å². The van der Waals surface area contributed by atoms with Gasteiger partial charge in [0, 0.05) is 19.1 Å². The van der Waals surface area contributed by atoms with E-state index in [2.05, 4.69) is 42.1 Å². The lowest BCUT2D eigenvalue weighted by Crippen LogP contribution is -2.45. The molecule has 4 nitrogen and oxygen atoms in total. The molecule has 0 aromatic rings. The predicted octanol–water partition coefficient (Wildman–Crippen LogP) is 1.68. The van der Waals surface area contributed by atoms with E-state index < -0.39 is 0 Å². The maximum Gasteiger partial charge on any atom is 0.105 e. The van der Waals surface area contributed by atoms with Crippen molar-refractivity contribution in [1.29, 1.82) is 5.26 Å². The summed E-state index contributed by atoms with van der Waals surface area (Å²) in [6.07, 6.45) is 3.53. The van der Waals surface area contributed by atoms with Crippen LogP contribution >= 0.6 is 0 Å². The Kier molecular flexibility index (Phi) is 6.78. The van der Waals surface area contributed by atoms with Gasteiger partial charge in [0.25, 0.3) is 0 Å². The molecule has 2 unspecified atom stereocenters. The zero-order valence-corrected chi connectivity index (χ0v) is 13.1. The molecule has 0 radical (unpaired) electrons. The van der Waals surface area contributed by atoms with Gasteiger partial charge in [-0.25, -0.2) is 0 Å². The number of hydrogen-bond donors (Lipinski definition) is 1. The standard InChI is InChI=1S/C15H30N4/c1-5-17-15(3,13-16)9-11-18(4)12-14-8-7-10-19(14)6-2/h14,17H,5-12H2,1-4H3. The minimum absolute atomic E-state index is 0.386. The van der Waals surface area contributed by atoms with Crippen LogP contribution in [0, 0.1) is 11.3 Å². The molecule has 0 bridgehead atoms. The molecule has 0 aliphatic carbocycles. The van der Waals surface area contributed by atoms with E-state index in [1.807, 2.05) is 6.92 Å². The average molecular weight is 266 g/mol. The fourth-order valence-corrected chi connectivity index (χ4v) is 2.96. The molecule has 1 aliphatic heterocycles. The minimum Gasteiger partial charge on any atom is -0.305 e. The van der Waals surface area contributed by atoms with Crippen LogP contribution in [0.1, 0.15) is 40.0 Å². The summed E-state index contributed by atoms with van der Waals surface area (Å²) in [6.45, 7) is 11.7. The summed E-state index contributed by atoms with van der Waals surface area (Å²) in [4.78, 5) is 4.95. The Morgan fingerprint density at radius 2 is 2.21 bits per heavy atom. The van der Waals surface area contributed by atoms with Gasteiger partial charge >= 0.3 is 0 Å². The molecule has 1 aliphatic rings. The van der Waals surface area contributed by atoms with Crippen LogP contribution in [0.4, 0.5) is 0 Å². The Labute approximate surface area is 118 Å². The molecule has 2 atom stereocenters. The van der Waals surface area contributed by atoms with Crippen LogP contribution in [0.3, 0.4) is 0 Å². The Morgan fingerprint density at radius 3 is 2.79 bits per heavy atom. The van der Waals surface area contributed by atoms with Gasteiger partial charge in [0.2, 0.25) is 0 Å². The lowest BCUT2D eigenvalue weighted by molar-refractivity contribution is 0.190. The van der Waals surface area contributed by atoms with Crippen molar-refractivity contribution in [1.82, 2.24) is 15.1 Å². The maximum absolute atomic E-state index is 9.25. The SMILES string of the molecule is CCNC(C)(C#N)CCN(C)CC1CCCN1CC. The molecule has 1 N–H and O–H groups in total. The van der Waals surface area contributed by atoms with Gasteiger partial charge in [-0.15, -0.1) is 0 Å². The highest BCUT2D eigenvalue weighted by Gasteiger charge is 2.26. The van der Waals surface area contributed by atoms with Gasteiger partial charge in [0.15, 0.2) is 0 Å². The first kappa shape index (κ1) is 16.4. The van der Waals surface area contributed by atoms with Crippen LogP contribution in [0.15, 0.2) is 0 Å². The summed E-state index contributed by atoms with van der Waals surface area (Å²) < 4.78 is 0. The fraction of sp³-hybridized carbons (Fsp3) is 0.933. The fourth-order valence-electron chi connectivity index (χ4n) is 2.96. The van der Waals surface area contributed by atoms with Gasteiger partial charge in [0.05, 0.1) is 6.07 Å². The van der Waals surface area contributed by atoms with Gasteiger partial charge in [-0.1, -0.05) is 13.8 Å². The molecular weight excluding hydrogens is 236 g/mol. The Bertz CT molecular complexity index is 299. The van der Waals surface area contributed by atoms with Crippen molar-refractivity contribution in [2.75, 3.05) is 39.8 Å². The Balaban J connectivity index is 2.35. The quantitative estimate of drug-likeness (QED) is 0.726. The molecule has 110 valence electrons. The number of nitriles is 1. The smallest absolute Gasteiger partial charge is 0.105 e. The summed E-state index contributed by atoms with van der Waals surface area (Å²) >= 11 is 0. The highest BCUT2D eigenvalue weighted by Crippen LogP contribution is 2.18. The summed E-state index contributed by atoms with van der Waals surface area (Å²) in [5, 5.41) is 12.5. The summed E-state index contributed by atoms with van der Waals surface area (Å²) in [5.41, 5.74) is -0.386. The van der Waals surface area contributed by atoms with E-state index in [1.54, 1.807) is 0 Å². The van der Waals surface area contributed by atoms with Crippen LogP contribution in [-0.4, -0.2) is 61.2 Å². The summed E-state index contributed by atoms with van der Waals surface area (Å²) in [5.74, 6) is 0.